The zero-order valence-corrected chi connectivity index (χ0v) is 14.2. The van der Waals surface area contributed by atoms with Gasteiger partial charge in [0, 0.05) is 47.8 Å². The molecule has 5 heteroatoms. The second-order valence-electron chi connectivity index (χ2n) is 6.08. The van der Waals surface area contributed by atoms with Crippen LogP contribution in [0.1, 0.15) is 11.5 Å². The third-order valence-electron chi connectivity index (χ3n) is 4.14. The predicted molar refractivity (Wildman–Crippen MR) is 98.3 cm³/mol. The maximum Gasteiger partial charge on any atom is 0.156 e. The first kappa shape index (κ1) is 15.3. The topological polar surface area (TPSA) is 55.1 Å². The van der Waals surface area contributed by atoms with Crippen molar-refractivity contribution in [2.75, 3.05) is 11.9 Å². The Morgan fingerprint density at radius 3 is 2.80 bits per heavy atom. The molecule has 0 N–H and O–H groups in total. The average Bonchev–Trinajstić information content (AvgIpc) is 3.10. The van der Waals surface area contributed by atoms with E-state index in [2.05, 4.69) is 32.2 Å². The lowest BCUT2D eigenvalue weighted by Gasteiger charge is -2.20. The van der Waals surface area contributed by atoms with Gasteiger partial charge in [0.05, 0.1) is 12.1 Å². The number of hydrogen-bond acceptors (Lipinski definition) is 5. The quantitative estimate of drug-likeness (QED) is 0.560. The van der Waals surface area contributed by atoms with Crippen molar-refractivity contribution >= 4 is 16.6 Å². The molecule has 4 aromatic rings. The molecule has 124 valence electrons. The molecule has 1 aromatic carbocycles. The van der Waals surface area contributed by atoms with E-state index in [1.54, 1.807) is 12.4 Å². The van der Waals surface area contributed by atoms with Crippen molar-refractivity contribution in [1.29, 1.82) is 0 Å². The second kappa shape index (κ2) is 6.36. The number of fused-ring (bicyclic) bond motifs is 1. The van der Waals surface area contributed by atoms with Gasteiger partial charge in [0.2, 0.25) is 0 Å². The van der Waals surface area contributed by atoms with Gasteiger partial charge in [-0.05, 0) is 31.2 Å². The van der Waals surface area contributed by atoms with Crippen LogP contribution in [0.4, 0.5) is 5.69 Å². The van der Waals surface area contributed by atoms with Gasteiger partial charge in [-0.2, -0.15) is 0 Å². The summed E-state index contributed by atoms with van der Waals surface area (Å²) in [4.78, 5) is 10.9. The zero-order valence-electron chi connectivity index (χ0n) is 14.2. The smallest absolute Gasteiger partial charge is 0.156 e. The van der Waals surface area contributed by atoms with Gasteiger partial charge in [0.15, 0.2) is 5.76 Å². The minimum absolute atomic E-state index is 0.626. The lowest BCUT2D eigenvalue weighted by molar-refractivity contribution is 0.385. The lowest BCUT2D eigenvalue weighted by Crippen LogP contribution is -2.16. The second-order valence-corrected chi connectivity index (χ2v) is 6.08. The Kier molecular flexibility index (Phi) is 3.90. The van der Waals surface area contributed by atoms with E-state index in [1.807, 2.05) is 50.4 Å². The molecule has 0 bridgehead atoms. The molecule has 0 fully saturated rings. The number of anilines is 1. The Balaban J connectivity index is 1.63. The molecule has 0 aliphatic carbocycles. The van der Waals surface area contributed by atoms with Gasteiger partial charge in [0.1, 0.15) is 5.69 Å². The molecule has 4 rings (SSSR count). The van der Waals surface area contributed by atoms with E-state index in [4.69, 9.17) is 4.52 Å². The van der Waals surface area contributed by atoms with Crippen LogP contribution in [0.5, 0.6) is 0 Å². The maximum atomic E-state index is 5.52. The Morgan fingerprint density at radius 2 is 1.96 bits per heavy atom. The van der Waals surface area contributed by atoms with E-state index in [0.29, 0.717) is 6.54 Å². The Labute approximate surface area is 145 Å². The number of nitrogens with zero attached hydrogens (tertiary/aromatic N) is 4. The molecule has 0 saturated carbocycles. The maximum absolute atomic E-state index is 5.52. The molecular weight excluding hydrogens is 312 g/mol. The number of aryl methyl sites for hydroxylation is 1. The first-order valence-corrected chi connectivity index (χ1v) is 8.14. The van der Waals surface area contributed by atoms with Crippen LogP contribution in [0, 0.1) is 6.92 Å². The third-order valence-corrected chi connectivity index (χ3v) is 4.14. The molecule has 0 amide bonds. The van der Waals surface area contributed by atoms with Gasteiger partial charge in [-0.25, -0.2) is 0 Å². The minimum Gasteiger partial charge on any atom is -0.366 e. The fourth-order valence-electron chi connectivity index (χ4n) is 2.96. The van der Waals surface area contributed by atoms with Crippen molar-refractivity contribution in [3.05, 3.63) is 72.4 Å². The van der Waals surface area contributed by atoms with Gasteiger partial charge in [-0.3, -0.25) is 9.97 Å². The standard InChI is InChI=1S/C20H18N4O/c1-14-10-20(17-7-3-4-8-18(17)22-14)24(2)13-16-11-19(23-25-16)15-6-5-9-21-12-15/h3-12H,13H2,1-2H3. The van der Waals surface area contributed by atoms with Gasteiger partial charge in [0.25, 0.3) is 0 Å². The Bertz CT molecular complexity index is 1010. The van der Waals surface area contributed by atoms with E-state index >= 15 is 0 Å². The molecule has 0 aliphatic rings. The van der Waals surface area contributed by atoms with Crippen LogP contribution in [0.25, 0.3) is 22.2 Å². The highest BCUT2D eigenvalue weighted by Gasteiger charge is 2.12. The molecule has 0 saturated heterocycles. The summed E-state index contributed by atoms with van der Waals surface area (Å²) < 4.78 is 5.52. The van der Waals surface area contributed by atoms with Crippen molar-refractivity contribution in [3.8, 4) is 11.3 Å². The largest absolute Gasteiger partial charge is 0.366 e. The highest BCUT2D eigenvalue weighted by molar-refractivity contribution is 5.91. The summed E-state index contributed by atoms with van der Waals surface area (Å²) >= 11 is 0. The van der Waals surface area contributed by atoms with Crippen molar-refractivity contribution < 1.29 is 4.52 Å². The molecule has 0 unspecified atom stereocenters. The van der Waals surface area contributed by atoms with Crippen molar-refractivity contribution in [3.63, 3.8) is 0 Å². The van der Waals surface area contributed by atoms with E-state index in [1.165, 1.54) is 0 Å². The van der Waals surface area contributed by atoms with Crippen LogP contribution in [-0.2, 0) is 6.54 Å². The van der Waals surface area contributed by atoms with E-state index in [9.17, 15) is 0 Å². The molecule has 3 heterocycles. The van der Waals surface area contributed by atoms with Crippen LogP contribution in [0.2, 0.25) is 0 Å². The van der Waals surface area contributed by atoms with Crippen LogP contribution in [0.15, 0.2) is 65.4 Å². The molecule has 0 atom stereocenters. The van der Waals surface area contributed by atoms with Crippen LogP contribution in [0.3, 0.4) is 0 Å². The lowest BCUT2D eigenvalue weighted by atomic mass is 10.1. The Hall–Kier alpha value is -3.21. The van der Waals surface area contributed by atoms with Crippen molar-refractivity contribution in [2.24, 2.45) is 0 Å². The van der Waals surface area contributed by atoms with Gasteiger partial charge in [-0.1, -0.05) is 23.4 Å². The third kappa shape index (κ3) is 3.08. The average molecular weight is 330 g/mol. The summed E-state index contributed by atoms with van der Waals surface area (Å²) in [6, 6.07) is 16.1. The summed E-state index contributed by atoms with van der Waals surface area (Å²) in [5.74, 6) is 0.805. The first-order valence-electron chi connectivity index (χ1n) is 8.14. The number of hydrogen-bond donors (Lipinski definition) is 0. The SMILES string of the molecule is Cc1cc(N(C)Cc2cc(-c3cccnc3)no2)c2ccccc2n1. The van der Waals surface area contributed by atoms with Crippen LogP contribution >= 0.6 is 0 Å². The molecule has 5 nitrogen and oxygen atoms in total. The van der Waals surface area contributed by atoms with Crippen molar-refractivity contribution in [1.82, 2.24) is 15.1 Å². The monoisotopic (exact) mass is 330 g/mol. The molecule has 25 heavy (non-hydrogen) atoms. The predicted octanol–water partition coefficient (Wildman–Crippen LogP) is 4.23. The van der Waals surface area contributed by atoms with Gasteiger partial charge < -0.3 is 9.42 Å². The minimum atomic E-state index is 0.626. The van der Waals surface area contributed by atoms with Crippen LogP contribution < -0.4 is 4.90 Å². The fraction of sp³-hybridized carbons (Fsp3) is 0.150. The number of rotatable bonds is 4. The van der Waals surface area contributed by atoms with Gasteiger partial charge in [-0.15, -0.1) is 0 Å². The van der Waals surface area contributed by atoms with E-state index < -0.39 is 0 Å². The van der Waals surface area contributed by atoms with Gasteiger partial charge >= 0.3 is 0 Å². The molecule has 0 radical (unpaired) electrons. The molecule has 3 aromatic heterocycles. The fourth-order valence-corrected chi connectivity index (χ4v) is 2.96. The number of para-hydroxylation sites is 1. The summed E-state index contributed by atoms with van der Waals surface area (Å²) in [6.45, 7) is 2.64. The first-order chi connectivity index (χ1) is 12.2. The Morgan fingerprint density at radius 1 is 1.08 bits per heavy atom. The van der Waals surface area contributed by atoms with E-state index in [0.717, 1.165) is 39.3 Å². The summed E-state index contributed by atoms with van der Waals surface area (Å²) in [5, 5.41) is 5.29. The highest BCUT2D eigenvalue weighted by atomic mass is 16.5. The van der Waals surface area contributed by atoms with Crippen LogP contribution in [-0.4, -0.2) is 22.2 Å². The summed E-state index contributed by atoms with van der Waals surface area (Å²) in [7, 11) is 2.05. The number of benzene rings is 1. The molecule has 0 aliphatic heterocycles. The highest BCUT2D eigenvalue weighted by Crippen LogP contribution is 2.27. The number of aromatic nitrogens is 3. The zero-order chi connectivity index (χ0) is 17.2. The summed E-state index contributed by atoms with van der Waals surface area (Å²) in [5.41, 5.74) is 4.87. The summed E-state index contributed by atoms with van der Waals surface area (Å²) in [6.07, 6.45) is 3.53. The molecule has 0 spiro atoms. The van der Waals surface area contributed by atoms with E-state index in [-0.39, 0.29) is 0 Å². The molecular formula is C20H18N4O. The number of pyridine rings is 2. The normalized spacial score (nSPS) is 11.0. The van der Waals surface area contributed by atoms with Crippen molar-refractivity contribution in [2.45, 2.75) is 13.5 Å².